The second kappa shape index (κ2) is 5.07. The van der Waals surface area contributed by atoms with E-state index in [9.17, 15) is 0 Å². The first-order chi connectivity index (χ1) is 9.22. The van der Waals surface area contributed by atoms with Crippen molar-refractivity contribution in [1.29, 1.82) is 0 Å². The molecule has 0 radical (unpaired) electrons. The van der Waals surface area contributed by atoms with Crippen LogP contribution in [0.2, 0.25) is 0 Å². The fourth-order valence-electron chi connectivity index (χ4n) is 2.10. The van der Waals surface area contributed by atoms with Gasteiger partial charge in [-0.25, -0.2) is 4.98 Å². The average Bonchev–Trinajstić information content (AvgIpc) is 2.85. The van der Waals surface area contributed by atoms with Crippen LogP contribution in [0.5, 0.6) is 0 Å². The Bertz CT molecular complexity index is 705. The summed E-state index contributed by atoms with van der Waals surface area (Å²) in [5.41, 5.74) is 9.17. The first kappa shape index (κ1) is 12.3. The van der Waals surface area contributed by atoms with Gasteiger partial charge in [0.2, 0.25) is 0 Å². The first-order valence-corrected chi connectivity index (χ1v) is 7.12. The third-order valence-corrected chi connectivity index (χ3v) is 3.89. The average molecular weight is 269 g/mol. The molecule has 3 rings (SSSR count). The molecule has 1 aromatic carbocycles. The Labute approximate surface area is 116 Å². The van der Waals surface area contributed by atoms with Crippen molar-refractivity contribution in [2.75, 3.05) is 0 Å². The van der Waals surface area contributed by atoms with E-state index in [4.69, 9.17) is 5.73 Å². The van der Waals surface area contributed by atoms with Gasteiger partial charge in [0.25, 0.3) is 0 Å². The molecule has 0 saturated heterocycles. The SMILES string of the molecule is Cc1nc(C(N)Cc2ccc3ccccc3n2)cs1. The van der Waals surface area contributed by atoms with Gasteiger partial charge in [0.15, 0.2) is 0 Å². The van der Waals surface area contributed by atoms with Gasteiger partial charge in [0.1, 0.15) is 0 Å². The zero-order valence-electron chi connectivity index (χ0n) is 10.7. The minimum Gasteiger partial charge on any atom is -0.322 e. The van der Waals surface area contributed by atoms with Crippen LogP contribution in [0.3, 0.4) is 0 Å². The number of nitrogens with two attached hydrogens (primary N) is 1. The van der Waals surface area contributed by atoms with Crippen molar-refractivity contribution in [2.45, 2.75) is 19.4 Å². The minimum absolute atomic E-state index is 0.0846. The summed E-state index contributed by atoms with van der Waals surface area (Å²) < 4.78 is 0. The monoisotopic (exact) mass is 269 g/mol. The van der Waals surface area contributed by atoms with Crippen LogP contribution in [0.15, 0.2) is 41.8 Å². The van der Waals surface area contributed by atoms with Crippen LogP contribution in [0.4, 0.5) is 0 Å². The number of benzene rings is 1. The van der Waals surface area contributed by atoms with Crippen molar-refractivity contribution in [2.24, 2.45) is 5.73 Å². The molecule has 3 nitrogen and oxygen atoms in total. The number of pyridine rings is 1. The Balaban J connectivity index is 1.84. The van der Waals surface area contributed by atoms with Gasteiger partial charge in [0, 0.05) is 22.9 Å². The number of rotatable bonds is 3. The maximum atomic E-state index is 6.19. The molecule has 1 unspecified atom stereocenters. The van der Waals surface area contributed by atoms with E-state index in [1.165, 1.54) is 0 Å². The molecule has 2 aromatic heterocycles. The lowest BCUT2D eigenvalue weighted by atomic mass is 10.1. The Kier molecular flexibility index (Phi) is 3.27. The van der Waals surface area contributed by atoms with Gasteiger partial charge in [-0.2, -0.15) is 0 Å². The number of hydrogen-bond donors (Lipinski definition) is 1. The van der Waals surface area contributed by atoms with Crippen LogP contribution in [-0.4, -0.2) is 9.97 Å². The topological polar surface area (TPSA) is 51.8 Å². The molecule has 0 bridgehead atoms. The van der Waals surface area contributed by atoms with Gasteiger partial charge in [-0.15, -0.1) is 11.3 Å². The second-order valence-corrected chi connectivity index (χ2v) is 5.66. The number of hydrogen-bond acceptors (Lipinski definition) is 4. The van der Waals surface area contributed by atoms with E-state index in [-0.39, 0.29) is 6.04 Å². The highest BCUT2D eigenvalue weighted by atomic mass is 32.1. The number of aryl methyl sites for hydroxylation is 1. The third-order valence-electron chi connectivity index (χ3n) is 3.10. The minimum atomic E-state index is -0.0846. The fourth-order valence-corrected chi connectivity index (χ4v) is 2.78. The van der Waals surface area contributed by atoms with Gasteiger partial charge in [-0.05, 0) is 19.1 Å². The highest BCUT2D eigenvalue weighted by Gasteiger charge is 2.11. The summed E-state index contributed by atoms with van der Waals surface area (Å²) in [6.07, 6.45) is 0.716. The molecule has 96 valence electrons. The van der Waals surface area contributed by atoms with Gasteiger partial charge in [-0.3, -0.25) is 4.98 Å². The van der Waals surface area contributed by atoms with Crippen molar-refractivity contribution in [3.05, 3.63) is 58.2 Å². The van der Waals surface area contributed by atoms with Crippen molar-refractivity contribution in [1.82, 2.24) is 9.97 Å². The molecule has 0 aliphatic rings. The van der Waals surface area contributed by atoms with E-state index < -0.39 is 0 Å². The van der Waals surface area contributed by atoms with E-state index in [0.29, 0.717) is 6.42 Å². The Morgan fingerprint density at radius 1 is 1.16 bits per heavy atom. The molecule has 0 spiro atoms. The van der Waals surface area contributed by atoms with Crippen LogP contribution in [0.25, 0.3) is 10.9 Å². The van der Waals surface area contributed by atoms with Crippen molar-refractivity contribution in [3.8, 4) is 0 Å². The molecule has 0 aliphatic heterocycles. The second-order valence-electron chi connectivity index (χ2n) is 4.60. The van der Waals surface area contributed by atoms with Crippen molar-refractivity contribution in [3.63, 3.8) is 0 Å². The number of fused-ring (bicyclic) bond motifs is 1. The molecule has 19 heavy (non-hydrogen) atoms. The number of nitrogens with zero attached hydrogens (tertiary/aromatic N) is 2. The fraction of sp³-hybridized carbons (Fsp3) is 0.200. The zero-order chi connectivity index (χ0) is 13.2. The predicted octanol–water partition coefficient (Wildman–Crippen LogP) is 3.24. The largest absolute Gasteiger partial charge is 0.322 e. The van der Waals surface area contributed by atoms with Crippen LogP contribution in [0, 0.1) is 6.92 Å². The Morgan fingerprint density at radius 2 is 2.00 bits per heavy atom. The zero-order valence-corrected chi connectivity index (χ0v) is 11.5. The lowest BCUT2D eigenvalue weighted by Gasteiger charge is -2.09. The molecule has 0 fully saturated rings. The van der Waals surface area contributed by atoms with E-state index in [1.54, 1.807) is 11.3 Å². The van der Waals surface area contributed by atoms with E-state index in [2.05, 4.69) is 22.1 Å². The molecule has 1 atom stereocenters. The van der Waals surface area contributed by atoms with Gasteiger partial charge in [0.05, 0.1) is 22.3 Å². The number of thiazole rings is 1. The van der Waals surface area contributed by atoms with Gasteiger partial charge in [-0.1, -0.05) is 24.3 Å². The summed E-state index contributed by atoms with van der Waals surface area (Å²) in [4.78, 5) is 9.08. The van der Waals surface area contributed by atoms with Gasteiger partial charge < -0.3 is 5.73 Å². The molecule has 2 heterocycles. The standard InChI is InChI=1S/C15H15N3S/c1-10-17-15(9-19-10)13(16)8-12-7-6-11-4-2-3-5-14(11)18-12/h2-7,9,13H,8,16H2,1H3. The summed E-state index contributed by atoms with van der Waals surface area (Å²) >= 11 is 1.63. The van der Waals surface area contributed by atoms with Crippen LogP contribution < -0.4 is 5.73 Å². The first-order valence-electron chi connectivity index (χ1n) is 6.24. The summed E-state index contributed by atoms with van der Waals surface area (Å²) in [6, 6.07) is 12.2. The van der Waals surface area contributed by atoms with Crippen molar-refractivity contribution < 1.29 is 0 Å². The Morgan fingerprint density at radius 3 is 2.79 bits per heavy atom. The summed E-state index contributed by atoms with van der Waals surface area (Å²) in [5, 5.41) is 4.24. The summed E-state index contributed by atoms with van der Waals surface area (Å²) in [6.45, 7) is 2.00. The van der Waals surface area contributed by atoms with E-state index in [0.717, 1.165) is 27.3 Å². The highest BCUT2D eigenvalue weighted by molar-refractivity contribution is 7.09. The quantitative estimate of drug-likeness (QED) is 0.794. The lowest BCUT2D eigenvalue weighted by molar-refractivity contribution is 0.688. The Hall–Kier alpha value is -1.78. The van der Waals surface area contributed by atoms with Crippen molar-refractivity contribution >= 4 is 22.2 Å². The third kappa shape index (κ3) is 2.64. The summed E-state index contributed by atoms with van der Waals surface area (Å²) in [7, 11) is 0. The van der Waals surface area contributed by atoms with E-state index >= 15 is 0 Å². The maximum Gasteiger partial charge on any atom is 0.0898 e. The lowest BCUT2D eigenvalue weighted by Crippen LogP contribution is -2.14. The number of aromatic nitrogens is 2. The normalized spacial score (nSPS) is 12.7. The molecule has 3 aromatic rings. The van der Waals surface area contributed by atoms with Crippen LogP contribution in [0.1, 0.15) is 22.4 Å². The molecule has 0 saturated carbocycles. The smallest absolute Gasteiger partial charge is 0.0898 e. The molecule has 0 aliphatic carbocycles. The molecular weight excluding hydrogens is 254 g/mol. The van der Waals surface area contributed by atoms with Crippen LogP contribution in [-0.2, 0) is 6.42 Å². The molecule has 4 heteroatoms. The summed E-state index contributed by atoms with van der Waals surface area (Å²) in [5.74, 6) is 0. The number of para-hydroxylation sites is 1. The van der Waals surface area contributed by atoms with E-state index in [1.807, 2.05) is 36.6 Å². The highest BCUT2D eigenvalue weighted by Crippen LogP contribution is 2.19. The molecular formula is C15H15N3S. The van der Waals surface area contributed by atoms with Gasteiger partial charge >= 0.3 is 0 Å². The molecule has 0 amide bonds. The predicted molar refractivity (Wildman–Crippen MR) is 79.2 cm³/mol. The van der Waals surface area contributed by atoms with Crippen LogP contribution >= 0.6 is 11.3 Å². The maximum absolute atomic E-state index is 6.19. The molecule has 2 N–H and O–H groups in total.